The zero-order valence-electron chi connectivity index (χ0n) is 13.1. The van der Waals surface area contributed by atoms with Crippen molar-refractivity contribution in [2.45, 2.75) is 63.6 Å². The first kappa shape index (κ1) is 19.0. The minimum Gasteiger partial charge on any atom is -0.336 e. The number of carbonyl (C=O) groups excluding carboxylic acids is 1. The third kappa shape index (κ3) is 3.34. The average Bonchev–Trinajstić information content (AvgIpc) is 3.06. The fourth-order valence-electron chi connectivity index (χ4n) is 4.19. The Morgan fingerprint density at radius 3 is 2.67 bits per heavy atom. The van der Waals surface area contributed by atoms with Gasteiger partial charge in [0, 0.05) is 25.2 Å². The second-order valence-corrected chi connectivity index (χ2v) is 6.56. The predicted molar refractivity (Wildman–Crippen MR) is 90.5 cm³/mol. The second kappa shape index (κ2) is 7.49. The summed E-state index contributed by atoms with van der Waals surface area (Å²) in [5, 5.41) is 3.49. The van der Waals surface area contributed by atoms with Crippen molar-refractivity contribution in [2.75, 3.05) is 26.2 Å². The van der Waals surface area contributed by atoms with Crippen LogP contribution in [0.3, 0.4) is 0 Å². The Balaban J connectivity index is 0.00000110. The number of hydrogen-bond acceptors (Lipinski definition) is 3. The van der Waals surface area contributed by atoms with Crippen molar-refractivity contribution >= 4 is 30.7 Å². The lowest BCUT2D eigenvalue weighted by Crippen LogP contribution is -2.63. The zero-order valence-corrected chi connectivity index (χ0v) is 14.8. The Morgan fingerprint density at radius 2 is 2.05 bits per heavy atom. The Morgan fingerprint density at radius 1 is 1.29 bits per heavy atom. The molecule has 3 aliphatic rings. The number of nitrogens with one attached hydrogen (secondary N) is 1. The van der Waals surface area contributed by atoms with Crippen molar-refractivity contribution in [1.29, 1.82) is 0 Å². The van der Waals surface area contributed by atoms with Crippen molar-refractivity contribution in [3.8, 4) is 0 Å². The van der Waals surface area contributed by atoms with Crippen LogP contribution in [0.2, 0.25) is 0 Å². The number of amides is 1. The van der Waals surface area contributed by atoms with Crippen LogP contribution in [0, 0.1) is 0 Å². The van der Waals surface area contributed by atoms with E-state index in [0.29, 0.717) is 18.0 Å². The maximum atomic E-state index is 13.0. The van der Waals surface area contributed by atoms with E-state index in [0.717, 1.165) is 38.9 Å². The molecule has 1 amide bonds. The van der Waals surface area contributed by atoms with Gasteiger partial charge in [0.2, 0.25) is 5.91 Å². The Hall–Kier alpha value is -0.0300. The molecule has 3 rings (SSSR count). The summed E-state index contributed by atoms with van der Waals surface area (Å²) in [6, 6.07) is 0.989. The highest BCUT2D eigenvalue weighted by atomic mass is 35.5. The van der Waals surface area contributed by atoms with E-state index < -0.39 is 0 Å². The van der Waals surface area contributed by atoms with Crippen LogP contribution in [-0.4, -0.2) is 59.5 Å². The molecule has 0 saturated carbocycles. The Labute approximate surface area is 140 Å². The third-order valence-electron chi connectivity index (χ3n) is 5.45. The van der Waals surface area contributed by atoms with Crippen LogP contribution in [0.4, 0.5) is 0 Å². The van der Waals surface area contributed by atoms with Crippen LogP contribution >= 0.6 is 24.8 Å². The van der Waals surface area contributed by atoms with Gasteiger partial charge in [-0.3, -0.25) is 9.69 Å². The van der Waals surface area contributed by atoms with Gasteiger partial charge in [0.15, 0.2) is 0 Å². The van der Waals surface area contributed by atoms with E-state index in [-0.39, 0.29) is 30.4 Å². The molecule has 3 saturated heterocycles. The van der Waals surface area contributed by atoms with Gasteiger partial charge in [-0.05, 0) is 52.1 Å². The van der Waals surface area contributed by atoms with Gasteiger partial charge in [-0.25, -0.2) is 0 Å². The molecule has 0 bridgehead atoms. The third-order valence-corrected chi connectivity index (χ3v) is 5.45. The van der Waals surface area contributed by atoms with Crippen LogP contribution in [0.1, 0.15) is 46.0 Å². The summed E-state index contributed by atoms with van der Waals surface area (Å²) in [6.07, 6.45) is 5.64. The van der Waals surface area contributed by atoms with E-state index in [2.05, 4.69) is 29.0 Å². The number of halogens is 2. The lowest BCUT2D eigenvalue weighted by atomic mass is 9.91. The smallest absolute Gasteiger partial charge is 0.243 e. The summed E-state index contributed by atoms with van der Waals surface area (Å²) < 4.78 is 0. The highest BCUT2D eigenvalue weighted by Crippen LogP contribution is 2.30. The first-order valence-electron chi connectivity index (χ1n) is 7.96. The van der Waals surface area contributed by atoms with Gasteiger partial charge in [-0.1, -0.05) is 6.92 Å². The fraction of sp³-hybridized carbons (Fsp3) is 0.933. The number of fused-ring (bicyclic) bond motifs is 1. The lowest BCUT2D eigenvalue weighted by molar-refractivity contribution is -0.143. The van der Waals surface area contributed by atoms with E-state index in [1.54, 1.807) is 0 Å². The molecular formula is C15H29Cl2N3O. The van der Waals surface area contributed by atoms with Crippen LogP contribution in [-0.2, 0) is 4.79 Å². The van der Waals surface area contributed by atoms with Crippen molar-refractivity contribution < 1.29 is 4.79 Å². The molecule has 0 aromatic carbocycles. The zero-order chi connectivity index (χ0) is 13.5. The summed E-state index contributed by atoms with van der Waals surface area (Å²) in [5.74, 6) is 0.367. The van der Waals surface area contributed by atoms with Gasteiger partial charge in [0.05, 0.1) is 5.54 Å². The molecule has 6 heteroatoms. The summed E-state index contributed by atoms with van der Waals surface area (Å²) in [5.41, 5.74) is -0.255. The van der Waals surface area contributed by atoms with Gasteiger partial charge in [-0.2, -0.15) is 0 Å². The number of rotatable bonds is 2. The second-order valence-electron chi connectivity index (χ2n) is 6.56. The summed E-state index contributed by atoms with van der Waals surface area (Å²) in [7, 11) is 0. The average molecular weight is 338 g/mol. The van der Waals surface area contributed by atoms with Gasteiger partial charge in [0.25, 0.3) is 0 Å². The van der Waals surface area contributed by atoms with E-state index >= 15 is 0 Å². The molecule has 1 N–H and O–H groups in total. The summed E-state index contributed by atoms with van der Waals surface area (Å²) in [6.45, 7) is 8.60. The number of nitrogens with zero attached hydrogens (tertiary/aromatic N) is 2. The molecule has 0 radical (unpaired) electrons. The number of hydrogen-bond donors (Lipinski definition) is 1. The Kier molecular flexibility index (Phi) is 6.79. The molecule has 3 unspecified atom stereocenters. The van der Waals surface area contributed by atoms with Gasteiger partial charge in [-0.15, -0.1) is 24.8 Å². The topological polar surface area (TPSA) is 35.6 Å². The lowest BCUT2D eigenvalue weighted by Gasteiger charge is -2.45. The molecule has 3 aliphatic heterocycles. The molecule has 3 fully saturated rings. The molecule has 0 aromatic rings. The monoisotopic (exact) mass is 337 g/mol. The predicted octanol–water partition coefficient (Wildman–Crippen LogP) is 2.06. The molecule has 0 aromatic heterocycles. The van der Waals surface area contributed by atoms with Gasteiger partial charge < -0.3 is 10.2 Å². The molecule has 4 nitrogen and oxygen atoms in total. The quantitative estimate of drug-likeness (QED) is 0.837. The molecular weight excluding hydrogens is 309 g/mol. The largest absolute Gasteiger partial charge is 0.336 e. The van der Waals surface area contributed by atoms with E-state index in [4.69, 9.17) is 0 Å². The summed E-state index contributed by atoms with van der Waals surface area (Å²) >= 11 is 0. The maximum absolute atomic E-state index is 13.0. The molecule has 3 atom stereocenters. The van der Waals surface area contributed by atoms with Crippen molar-refractivity contribution in [1.82, 2.24) is 15.1 Å². The molecule has 124 valence electrons. The van der Waals surface area contributed by atoms with Crippen molar-refractivity contribution in [3.63, 3.8) is 0 Å². The first-order chi connectivity index (χ1) is 9.16. The minimum atomic E-state index is -0.255. The van der Waals surface area contributed by atoms with E-state index in [1.165, 1.54) is 19.4 Å². The van der Waals surface area contributed by atoms with Crippen molar-refractivity contribution in [2.24, 2.45) is 0 Å². The first-order valence-corrected chi connectivity index (χ1v) is 7.96. The van der Waals surface area contributed by atoms with Crippen molar-refractivity contribution in [3.05, 3.63) is 0 Å². The van der Waals surface area contributed by atoms with Crippen LogP contribution in [0.15, 0.2) is 0 Å². The van der Waals surface area contributed by atoms with Crippen LogP contribution in [0.25, 0.3) is 0 Å². The number of carbonyl (C=O) groups is 1. The number of piperazine rings is 1. The SMILES string of the molecule is CCC1(C(=O)N2CC3CCCN3CC2C)CCCN1.Cl.Cl. The standard InChI is InChI=1S/C15H27N3O.2ClH/c1-3-15(7-5-8-16-15)14(19)18-11-13-6-4-9-17(13)10-12(18)2;;/h12-13,16H,3-11H2,1-2H3;2*1H. The highest BCUT2D eigenvalue weighted by Gasteiger charge is 2.45. The fourth-order valence-corrected chi connectivity index (χ4v) is 4.19. The van der Waals surface area contributed by atoms with Crippen LogP contribution in [0.5, 0.6) is 0 Å². The van der Waals surface area contributed by atoms with E-state index in [1.807, 2.05) is 0 Å². The Bertz CT molecular complexity index is 361. The van der Waals surface area contributed by atoms with Gasteiger partial charge >= 0.3 is 0 Å². The van der Waals surface area contributed by atoms with E-state index in [9.17, 15) is 4.79 Å². The van der Waals surface area contributed by atoms with Crippen LogP contribution < -0.4 is 5.32 Å². The molecule has 3 heterocycles. The minimum absolute atomic E-state index is 0. The molecule has 0 aliphatic carbocycles. The molecule has 21 heavy (non-hydrogen) atoms. The summed E-state index contributed by atoms with van der Waals surface area (Å²) in [4.78, 5) is 17.8. The molecule has 0 spiro atoms. The highest BCUT2D eigenvalue weighted by molar-refractivity contribution is 5.87. The maximum Gasteiger partial charge on any atom is 0.243 e. The van der Waals surface area contributed by atoms with Gasteiger partial charge in [0.1, 0.15) is 0 Å². The normalized spacial score (nSPS) is 35.8.